The van der Waals surface area contributed by atoms with Crippen LogP contribution < -0.4 is 0 Å². The summed E-state index contributed by atoms with van der Waals surface area (Å²) < 4.78 is 12.8. The van der Waals surface area contributed by atoms with Crippen LogP contribution in [0.2, 0.25) is 0 Å². The average Bonchev–Trinajstić information content (AvgIpc) is 2.42. The van der Waals surface area contributed by atoms with Crippen LogP contribution in [0.5, 0.6) is 0 Å². The maximum Gasteiger partial charge on any atom is 0.235 e. The first kappa shape index (κ1) is 12.2. The lowest BCUT2D eigenvalue weighted by Crippen LogP contribution is -2.00. The molecule has 2 rings (SSSR count). The predicted molar refractivity (Wildman–Crippen MR) is 67.4 cm³/mol. The number of rotatable bonds is 4. The summed E-state index contributed by atoms with van der Waals surface area (Å²) in [5, 5.41) is 0. The molecule has 2 nitrogen and oxygen atoms in total. The van der Waals surface area contributed by atoms with Gasteiger partial charge in [-0.15, -0.1) is 0 Å². The van der Waals surface area contributed by atoms with E-state index in [9.17, 15) is 9.18 Å². The first-order chi connectivity index (χ1) is 8.79. The molecule has 0 saturated carbocycles. The first-order valence-electron chi connectivity index (χ1n) is 5.66. The van der Waals surface area contributed by atoms with Crippen molar-refractivity contribution in [1.82, 2.24) is 0 Å². The maximum absolute atomic E-state index is 12.8. The van der Waals surface area contributed by atoms with Gasteiger partial charge < -0.3 is 0 Å². The molecule has 0 fully saturated rings. The molecule has 0 aliphatic rings. The number of aliphatic imine (C=N–C) groups is 1. The van der Waals surface area contributed by atoms with E-state index in [1.807, 2.05) is 30.3 Å². The molecule has 1 unspecified atom stereocenters. The fourth-order valence-electron chi connectivity index (χ4n) is 1.82. The highest BCUT2D eigenvalue weighted by Gasteiger charge is 2.10. The van der Waals surface area contributed by atoms with Gasteiger partial charge >= 0.3 is 0 Å². The number of halogens is 1. The van der Waals surface area contributed by atoms with E-state index in [1.54, 1.807) is 18.2 Å². The van der Waals surface area contributed by atoms with Crippen molar-refractivity contribution in [1.29, 1.82) is 0 Å². The Hall–Kier alpha value is -2.25. The van der Waals surface area contributed by atoms with E-state index in [0.717, 1.165) is 11.1 Å². The highest BCUT2D eigenvalue weighted by molar-refractivity contribution is 5.36. The molecular formula is C15H12FNO. The molecule has 0 aliphatic carbocycles. The fraction of sp³-hybridized carbons (Fsp3) is 0.133. The van der Waals surface area contributed by atoms with Crippen molar-refractivity contribution in [2.45, 2.75) is 12.5 Å². The summed E-state index contributed by atoms with van der Waals surface area (Å²) in [6.07, 6.45) is 2.15. The van der Waals surface area contributed by atoms with E-state index in [4.69, 9.17) is 0 Å². The minimum atomic E-state index is -0.270. The van der Waals surface area contributed by atoms with Gasteiger partial charge in [0.05, 0.1) is 6.04 Å². The van der Waals surface area contributed by atoms with Gasteiger partial charge in [-0.25, -0.2) is 9.18 Å². The summed E-state index contributed by atoms with van der Waals surface area (Å²) in [4.78, 5) is 14.3. The van der Waals surface area contributed by atoms with Crippen LogP contribution in [-0.4, -0.2) is 6.08 Å². The minimum Gasteiger partial charge on any atom is -0.211 e. The standard InChI is InChI=1S/C15H12FNO/c16-14-8-6-12(7-9-14)10-15(17-11-18)13-4-2-1-3-5-13/h1-9,15H,10H2. The summed E-state index contributed by atoms with van der Waals surface area (Å²) >= 11 is 0. The van der Waals surface area contributed by atoms with Crippen molar-refractivity contribution in [3.63, 3.8) is 0 Å². The lowest BCUT2D eigenvalue weighted by atomic mass is 9.99. The van der Waals surface area contributed by atoms with Crippen LogP contribution in [0.25, 0.3) is 0 Å². The maximum atomic E-state index is 12.8. The summed E-state index contributed by atoms with van der Waals surface area (Å²) in [5.74, 6) is -0.270. The molecular weight excluding hydrogens is 229 g/mol. The zero-order valence-electron chi connectivity index (χ0n) is 9.71. The molecule has 0 amide bonds. The molecule has 3 heteroatoms. The van der Waals surface area contributed by atoms with E-state index >= 15 is 0 Å². The van der Waals surface area contributed by atoms with Crippen LogP contribution >= 0.6 is 0 Å². The Balaban J connectivity index is 2.22. The largest absolute Gasteiger partial charge is 0.235 e. The Labute approximate surface area is 105 Å². The van der Waals surface area contributed by atoms with Gasteiger partial charge in [0, 0.05) is 0 Å². The molecule has 0 bridgehead atoms. The normalized spacial score (nSPS) is 11.6. The van der Waals surface area contributed by atoms with Crippen molar-refractivity contribution in [3.05, 3.63) is 71.5 Å². The predicted octanol–water partition coefficient (Wildman–Crippen LogP) is 3.45. The number of nitrogens with zero attached hydrogens (tertiary/aromatic N) is 1. The molecule has 0 spiro atoms. The van der Waals surface area contributed by atoms with Gasteiger partial charge in [-0.05, 0) is 29.7 Å². The van der Waals surface area contributed by atoms with Crippen molar-refractivity contribution in [3.8, 4) is 0 Å². The van der Waals surface area contributed by atoms with Gasteiger partial charge in [-0.2, -0.15) is 4.99 Å². The van der Waals surface area contributed by atoms with E-state index in [2.05, 4.69) is 4.99 Å². The smallest absolute Gasteiger partial charge is 0.211 e. The Bertz CT molecular complexity index is 544. The number of carbonyl (C=O) groups excluding carboxylic acids is 1. The number of hydrogen-bond donors (Lipinski definition) is 0. The second-order valence-electron chi connectivity index (χ2n) is 3.98. The first-order valence-corrected chi connectivity index (χ1v) is 5.66. The molecule has 90 valence electrons. The van der Waals surface area contributed by atoms with Gasteiger partial charge in [-0.3, -0.25) is 0 Å². The van der Waals surface area contributed by atoms with Crippen LogP contribution in [0.3, 0.4) is 0 Å². The zero-order valence-corrected chi connectivity index (χ0v) is 9.71. The lowest BCUT2D eigenvalue weighted by Gasteiger charge is -2.11. The van der Waals surface area contributed by atoms with E-state index < -0.39 is 0 Å². The van der Waals surface area contributed by atoms with Crippen LogP contribution in [-0.2, 0) is 11.2 Å². The molecule has 0 N–H and O–H groups in total. The van der Waals surface area contributed by atoms with Gasteiger partial charge in [0.1, 0.15) is 5.82 Å². The monoisotopic (exact) mass is 241 g/mol. The van der Waals surface area contributed by atoms with Gasteiger partial charge in [0.25, 0.3) is 0 Å². The Morgan fingerprint density at radius 1 is 1.06 bits per heavy atom. The minimum absolute atomic E-state index is 0.269. The van der Waals surface area contributed by atoms with Gasteiger partial charge in [0.2, 0.25) is 6.08 Å². The second-order valence-corrected chi connectivity index (χ2v) is 3.98. The van der Waals surface area contributed by atoms with Gasteiger partial charge in [0.15, 0.2) is 0 Å². The summed E-state index contributed by atoms with van der Waals surface area (Å²) in [5.41, 5.74) is 1.88. The molecule has 0 radical (unpaired) electrons. The number of hydrogen-bond acceptors (Lipinski definition) is 2. The summed E-state index contributed by atoms with van der Waals surface area (Å²) in [6, 6.07) is 15.5. The van der Waals surface area contributed by atoms with E-state index in [-0.39, 0.29) is 11.9 Å². The van der Waals surface area contributed by atoms with Crippen LogP contribution in [0.1, 0.15) is 17.2 Å². The van der Waals surface area contributed by atoms with Crippen molar-refractivity contribution >= 4 is 6.08 Å². The number of benzene rings is 2. The molecule has 18 heavy (non-hydrogen) atoms. The van der Waals surface area contributed by atoms with E-state index in [1.165, 1.54) is 12.1 Å². The molecule has 0 aliphatic heterocycles. The molecule has 2 aromatic rings. The van der Waals surface area contributed by atoms with Crippen molar-refractivity contribution in [2.24, 2.45) is 4.99 Å². The third kappa shape index (κ3) is 3.12. The highest BCUT2D eigenvalue weighted by Crippen LogP contribution is 2.21. The summed E-state index contributed by atoms with van der Waals surface area (Å²) in [6.45, 7) is 0. The van der Waals surface area contributed by atoms with Crippen LogP contribution in [0.15, 0.2) is 59.6 Å². The Morgan fingerprint density at radius 2 is 1.72 bits per heavy atom. The highest BCUT2D eigenvalue weighted by atomic mass is 19.1. The SMILES string of the molecule is O=C=NC(Cc1ccc(F)cc1)c1ccccc1. The second kappa shape index (κ2) is 5.89. The Kier molecular flexibility index (Phi) is 4.00. The van der Waals surface area contributed by atoms with Gasteiger partial charge in [-0.1, -0.05) is 42.5 Å². The quantitative estimate of drug-likeness (QED) is 0.595. The molecule has 0 heterocycles. The molecule has 0 aromatic heterocycles. The lowest BCUT2D eigenvalue weighted by molar-refractivity contribution is 0.557. The summed E-state index contributed by atoms with van der Waals surface area (Å²) in [7, 11) is 0. The topological polar surface area (TPSA) is 29.4 Å². The van der Waals surface area contributed by atoms with Crippen LogP contribution in [0, 0.1) is 5.82 Å². The molecule has 1 atom stereocenters. The van der Waals surface area contributed by atoms with Crippen molar-refractivity contribution < 1.29 is 9.18 Å². The Morgan fingerprint density at radius 3 is 2.33 bits per heavy atom. The zero-order chi connectivity index (χ0) is 12.8. The van der Waals surface area contributed by atoms with E-state index in [0.29, 0.717) is 6.42 Å². The number of isocyanates is 1. The molecule has 2 aromatic carbocycles. The average molecular weight is 241 g/mol. The molecule has 0 saturated heterocycles. The third-order valence-corrected chi connectivity index (χ3v) is 2.74. The third-order valence-electron chi connectivity index (χ3n) is 2.74. The fourth-order valence-corrected chi connectivity index (χ4v) is 1.82. The van der Waals surface area contributed by atoms with Crippen molar-refractivity contribution in [2.75, 3.05) is 0 Å². The van der Waals surface area contributed by atoms with Crippen LogP contribution in [0.4, 0.5) is 4.39 Å².